The highest BCUT2D eigenvalue weighted by atomic mass is 19.4. The molecule has 0 bridgehead atoms. The Bertz CT molecular complexity index is 593. The van der Waals surface area contributed by atoms with Crippen molar-refractivity contribution in [3.8, 4) is 0 Å². The normalized spacial score (nSPS) is 22.9. The van der Waals surface area contributed by atoms with Gasteiger partial charge in [-0.2, -0.15) is 18.3 Å². The Hall–Kier alpha value is -1.77. The smallest absolute Gasteiger partial charge is 0.381 e. The summed E-state index contributed by atoms with van der Waals surface area (Å²) in [5.74, 6) is 0. The van der Waals surface area contributed by atoms with Crippen LogP contribution in [0.4, 0.5) is 18.0 Å². The van der Waals surface area contributed by atoms with Crippen LogP contribution in [0, 0.1) is 5.41 Å². The number of hydrogen-bond donors (Lipinski definition) is 2. The molecule has 2 amide bonds. The molecule has 9 heteroatoms. The van der Waals surface area contributed by atoms with Crippen LogP contribution >= 0.6 is 0 Å². The molecule has 1 aromatic rings. The molecule has 1 aromatic heterocycles. The third kappa shape index (κ3) is 3.44. The molecule has 1 atom stereocenters. The lowest BCUT2D eigenvalue weighted by Gasteiger charge is -2.22. The van der Waals surface area contributed by atoms with Gasteiger partial charge >= 0.3 is 12.2 Å². The molecular formula is C14H19F3N4O2. The average Bonchev–Trinajstić information content (AvgIpc) is 2.95. The van der Waals surface area contributed by atoms with Gasteiger partial charge in [0.15, 0.2) is 5.69 Å². The minimum atomic E-state index is -4.48. The van der Waals surface area contributed by atoms with Crippen molar-refractivity contribution in [3.05, 3.63) is 17.5 Å². The Balaban J connectivity index is 1.49. The third-order valence-corrected chi connectivity index (χ3v) is 4.68. The number of rotatable bonds is 3. The van der Waals surface area contributed by atoms with Crippen LogP contribution in [0.5, 0.6) is 0 Å². The van der Waals surface area contributed by atoms with Crippen molar-refractivity contribution in [3.63, 3.8) is 0 Å². The number of carbonyl (C=O) groups is 1. The van der Waals surface area contributed by atoms with Crippen molar-refractivity contribution < 1.29 is 22.7 Å². The molecule has 1 aliphatic carbocycles. The number of amides is 2. The lowest BCUT2D eigenvalue weighted by atomic mass is 9.96. The van der Waals surface area contributed by atoms with Gasteiger partial charge in [0.25, 0.3) is 0 Å². The summed E-state index contributed by atoms with van der Waals surface area (Å²) in [6, 6.07) is 0.703. The molecule has 2 heterocycles. The average molecular weight is 332 g/mol. The molecule has 2 N–H and O–H groups in total. The predicted molar refractivity (Wildman–Crippen MR) is 74.5 cm³/mol. The van der Waals surface area contributed by atoms with E-state index in [-0.39, 0.29) is 24.0 Å². The maximum absolute atomic E-state index is 12.6. The van der Waals surface area contributed by atoms with Gasteiger partial charge in [0.05, 0.1) is 12.2 Å². The van der Waals surface area contributed by atoms with E-state index in [9.17, 15) is 18.0 Å². The van der Waals surface area contributed by atoms with Crippen molar-refractivity contribution >= 4 is 6.03 Å². The van der Waals surface area contributed by atoms with Crippen LogP contribution in [-0.4, -0.2) is 35.1 Å². The van der Waals surface area contributed by atoms with Crippen LogP contribution < -0.4 is 10.6 Å². The van der Waals surface area contributed by atoms with Crippen LogP contribution in [0.15, 0.2) is 6.07 Å². The first-order valence-electron chi connectivity index (χ1n) is 7.52. The van der Waals surface area contributed by atoms with Crippen molar-refractivity contribution in [2.24, 2.45) is 12.5 Å². The summed E-state index contributed by atoms with van der Waals surface area (Å²) in [6.45, 7) is 1.43. The van der Waals surface area contributed by atoms with E-state index >= 15 is 0 Å². The van der Waals surface area contributed by atoms with Gasteiger partial charge < -0.3 is 15.4 Å². The zero-order valence-corrected chi connectivity index (χ0v) is 12.7. The second-order valence-corrected chi connectivity index (χ2v) is 6.20. The van der Waals surface area contributed by atoms with Gasteiger partial charge in [0.2, 0.25) is 0 Å². The van der Waals surface area contributed by atoms with Gasteiger partial charge in [0, 0.05) is 26.3 Å². The summed E-state index contributed by atoms with van der Waals surface area (Å²) in [6.07, 6.45) is -1.67. The Morgan fingerprint density at radius 3 is 2.78 bits per heavy atom. The van der Waals surface area contributed by atoms with Crippen molar-refractivity contribution in [2.45, 2.75) is 38.0 Å². The minimum Gasteiger partial charge on any atom is -0.381 e. The van der Waals surface area contributed by atoms with Gasteiger partial charge in [-0.05, 0) is 30.7 Å². The third-order valence-electron chi connectivity index (χ3n) is 4.68. The molecule has 1 unspecified atom stereocenters. The van der Waals surface area contributed by atoms with Crippen LogP contribution in [-0.2, 0) is 24.5 Å². The molecule has 1 aliphatic heterocycles. The zero-order chi connectivity index (χ0) is 16.7. The van der Waals surface area contributed by atoms with E-state index in [0.29, 0.717) is 5.69 Å². The molecule has 1 spiro atoms. The van der Waals surface area contributed by atoms with Crippen molar-refractivity contribution in [2.75, 3.05) is 13.2 Å². The Morgan fingerprint density at radius 2 is 2.17 bits per heavy atom. The topological polar surface area (TPSA) is 68.2 Å². The first kappa shape index (κ1) is 16.1. The Labute approximate surface area is 131 Å². The van der Waals surface area contributed by atoms with Crippen molar-refractivity contribution in [1.82, 2.24) is 20.4 Å². The van der Waals surface area contributed by atoms with Gasteiger partial charge in [-0.25, -0.2) is 4.79 Å². The standard InChI is InChI=1S/C14H19F3N4O2/c1-21-9(6-10(20-21)14(15,16)17)8-18-12(22)19-11-7-13(11)2-4-23-5-3-13/h6,11H,2-5,7-8H2,1H3,(H2,18,19,22). The molecule has 23 heavy (non-hydrogen) atoms. The molecule has 1 saturated heterocycles. The van der Waals surface area contributed by atoms with Gasteiger partial charge in [0.1, 0.15) is 0 Å². The van der Waals surface area contributed by atoms with Crippen LogP contribution in [0.3, 0.4) is 0 Å². The number of aryl methyl sites for hydroxylation is 1. The number of nitrogens with one attached hydrogen (secondary N) is 2. The molecule has 1 saturated carbocycles. The van der Waals surface area contributed by atoms with E-state index in [1.54, 1.807) is 0 Å². The largest absolute Gasteiger partial charge is 0.435 e. The summed E-state index contributed by atoms with van der Waals surface area (Å²) in [7, 11) is 1.42. The van der Waals surface area contributed by atoms with Gasteiger partial charge in [-0.1, -0.05) is 0 Å². The second kappa shape index (κ2) is 5.70. The highest BCUT2D eigenvalue weighted by molar-refractivity contribution is 5.74. The quantitative estimate of drug-likeness (QED) is 0.887. The molecule has 2 aliphatic rings. The number of nitrogens with zero attached hydrogens (tertiary/aromatic N) is 2. The summed E-state index contributed by atoms with van der Waals surface area (Å²) in [5, 5.41) is 8.88. The minimum absolute atomic E-state index is 0.00571. The fourth-order valence-electron chi connectivity index (χ4n) is 3.07. The maximum Gasteiger partial charge on any atom is 0.435 e. The Morgan fingerprint density at radius 1 is 1.48 bits per heavy atom. The first-order valence-corrected chi connectivity index (χ1v) is 7.52. The summed E-state index contributed by atoms with van der Waals surface area (Å²) >= 11 is 0. The van der Waals surface area contributed by atoms with E-state index in [1.165, 1.54) is 7.05 Å². The number of aromatic nitrogens is 2. The summed E-state index contributed by atoms with van der Waals surface area (Å²) in [4.78, 5) is 11.9. The van der Waals surface area contributed by atoms with Crippen LogP contribution in [0.25, 0.3) is 0 Å². The monoisotopic (exact) mass is 332 g/mol. The van der Waals surface area contributed by atoms with Gasteiger partial charge in [-0.3, -0.25) is 4.68 Å². The second-order valence-electron chi connectivity index (χ2n) is 6.20. The fraction of sp³-hybridized carbons (Fsp3) is 0.714. The molecular weight excluding hydrogens is 313 g/mol. The lowest BCUT2D eigenvalue weighted by Crippen LogP contribution is -2.39. The summed E-state index contributed by atoms with van der Waals surface area (Å²) in [5.41, 5.74) is -0.504. The number of urea groups is 1. The Kier molecular flexibility index (Phi) is 3.99. The van der Waals surface area contributed by atoms with Crippen LogP contribution in [0.1, 0.15) is 30.7 Å². The highest BCUT2D eigenvalue weighted by Crippen LogP contribution is 2.53. The molecule has 3 rings (SSSR count). The maximum atomic E-state index is 12.6. The van der Waals surface area contributed by atoms with E-state index in [0.717, 1.165) is 43.2 Å². The van der Waals surface area contributed by atoms with E-state index < -0.39 is 11.9 Å². The highest BCUT2D eigenvalue weighted by Gasteiger charge is 2.55. The predicted octanol–water partition coefficient (Wildman–Crippen LogP) is 1.81. The molecule has 6 nitrogen and oxygen atoms in total. The van der Waals surface area contributed by atoms with E-state index in [1.807, 2.05) is 0 Å². The van der Waals surface area contributed by atoms with E-state index in [2.05, 4.69) is 15.7 Å². The summed E-state index contributed by atoms with van der Waals surface area (Å²) < 4.78 is 44.2. The number of alkyl halides is 3. The van der Waals surface area contributed by atoms with Crippen LogP contribution in [0.2, 0.25) is 0 Å². The van der Waals surface area contributed by atoms with Gasteiger partial charge in [-0.15, -0.1) is 0 Å². The SMILES string of the molecule is Cn1nc(C(F)(F)F)cc1CNC(=O)NC1CC12CCOCC2. The number of carbonyl (C=O) groups excluding carboxylic acids is 1. The molecule has 2 fully saturated rings. The fourth-order valence-corrected chi connectivity index (χ4v) is 3.07. The van der Waals surface area contributed by atoms with E-state index in [4.69, 9.17) is 4.74 Å². The number of halogens is 3. The molecule has 0 radical (unpaired) electrons. The first-order chi connectivity index (χ1) is 10.8. The number of ether oxygens (including phenoxy) is 1. The lowest BCUT2D eigenvalue weighted by molar-refractivity contribution is -0.141. The zero-order valence-electron chi connectivity index (χ0n) is 12.7. The van der Waals surface area contributed by atoms with Crippen molar-refractivity contribution in [1.29, 1.82) is 0 Å². The molecule has 0 aromatic carbocycles. The number of hydrogen-bond acceptors (Lipinski definition) is 3. The molecule has 128 valence electrons.